The van der Waals surface area contributed by atoms with Crippen LogP contribution in [0, 0.1) is 12.8 Å². The zero-order valence-electron chi connectivity index (χ0n) is 12.8. The summed E-state index contributed by atoms with van der Waals surface area (Å²) in [5.41, 5.74) is 1.08. The lowest BCUT2D eigenvalue weighted by molar-refractivity contribution is 0.263. The van der Waals surface area contributed by atoms with Crippen LogP contribution in [-0.2, 0) is 10.0 Å². The molecule has 0 radical (unpaired) electrons. The maximum Gasteiger partial charge on any atom is 0.243 e. The molecule has 0 N–H and O–H groups in total. The Morgan fingerprint density at radius 3 is 2.40 bits per heavy atom. The fraction of sp³-hybridized carbons (Fsp3) is 0.625. The van der Waals surface area contributed by atoms with Crippen molar-refractivity contribution in [2.24, 2.45) is 5.92 Å². The predicted octanol–water partition coefficient (Wildman–Crippen LogP) is 3.58. The van der Waals surface area contributed by atoms with E-state index in [2.05, 4.69) is 13.8 Å². The van der Waals surface area contributed by atoms with Gasteiger partial charge in [-0.3, -0.25) is 0 Å². The summed E-state index contributed by atoms with van der Waals surface area (Å²) < 4.78 is 27.6. The molecular weight excluding hydrogens is 270 g/mol. The molecule has 1 aromatic rings. The van der Waals surface area contributed by atoms with Gasteiger partial charge in [0.15, 0.2) is 0 Å². The molecule has 0 bridgehead atoms. The van der Waals surface area contributed by atoms with Crippen molar-refractivity contribution in [1.29, 1.82) is 0 Å². The van der Waals surface area contributed by atoms with Gasteiger partial charge in [-0.2, -0.15) is 4.31 Å². The molecule has 1 saturated heterocycles. The maximum atomic E-state index is 12.9. The summed E-state index contributed by atoms with van der Waals surface area (Å²) in [4.78, 5) is 0.421. The molecule has 0 spiro atoms. The van der Waals surface area contributed by atoms with E-state index in [1.54, 1.807) is 16.4 Å². The second-order valence-electron chi connectivity index (χ2n) is 6.03. The molecule has 0 saturated carbocycles. The van der Waals surface area contributed by atoms with Crippen molar-refractivity contribution in [2.45, 2.75) is 63.9 Å². The standard InChI is InChI=1S/C16H25NO2S/c1-5-13(3)16-11-8-14(4)17(16)20(18,19)15-9-6-12(2)7-10-15/h6-7,9-10,13-14,16H,5,8,11H2,1-4H3/t13?,14-,16+/m0/s1. The van der Waals surface area contributed by atoms with E-state index in [1.165, 1.54) is 0 Å². The maximum absolute atomic E-state index is 12.9. The minimum Gasteiger partial charge on any atom is -0.207 e. The zero-order chi connectivity index (χ0) is 14.9. The topological polar surface area (TPSA) is 37.4 Å². The van der Waals surface area contributed by atoms with Crippen LogP contribution in [0.4, 0.5) is 0 Å². The molecular formula is C16H25NO2S. The summed E-state index contributed by atoms with van der Waals surface area (Å²) in [6, 6.07) is 7.42. The van der Waals surface area contributed by atoms with E-state index in [1.807, 2.05) is 26.0 Å². The van der Waals surface area contributed by atoms with Crippen LogP contribution in [0.15, 0.2) is 29.2 Å². The van der Waals surface area contributed by atoms with E-state index in [0.29, 0.717) is 10.8 Å². The second kappa shape index (κ2) is 5.86. The molecule has 4 heteroatoms. The average molecular weight is 295 g/mol. The highest BCUT2D eigenvalue weighted by molar-refractivity contribution is 7.89. The van der Waals surface area contributed by atoms with Crippen LogP contribution < -0.4 is 0 Å². The van der Waals surface area contributed by atoms with Crippen molar-refractivity contribution in [3.8, 4) is 0 Å². The Hall–Kier alpha value is -0.870. The second-order valence-corrected chi connectivity index (χ2v) is 7.87. The quantitative estimate of drug-likeness (QED) is 0.851. The van der Waals surface area contributed by atoms with E-state index >= 15 is 0 Å². The fourth-order valence-electron chi connectivity index (χ4n) is 3.05. The van der Waals surface area contributed by atoms with Gasteiger partial charge in [-0.05, 0) is 44.7 Å². The summed E-state index contributed by atoms with van der Waals surface area (Å²) in [6.45, 7) is 8.27. The third-order valence-electron chi connectivity index (χ3n) is 4.54. The van der Waals surface area contributed by atoms with Gasteiger partial charge in [-0.25, -0.2) is 8.42 Å². The normalized spacial score (nSPS) is 25.8. The van der Waals surface area contributed by atoms with Crippen LogP contribution in [0.3, 0.4) is 0 Å². The average Bonchev–Trinajstić information content (AvgIpc) is 2.81. The molecule has 20 heavy (non-hydrogen) atoms. The van der Waals surface area contributed by atoms with E-state index in [4.69, 9.17) is 0 Å². The Balaban J connectivity index is 2.38. The van der Waals surface area contributed by atoms with E-state index in [-0.39, 0.29) is 12.1 Å². The molecule has 1 aliphatic rings. The van der Waals surface area contributed by atoms with Crippen molar-refractivity contribution < 1.29 is 8.42 Å². The van der Waals surface area contributed by atoms with Crippen LogP contribution in [0.1, 0.15) is 45.6 Å². The molecule has 0 aromatic heterocycles. The smallest absolute Gasteiger partial charge is 0.207 e. The van der Waals surface area contributed by atoms with Crippen LogP contribution >= 0.6 is 0 Å². The summed E-state index contributed by atoms with van der Waals surface area (Å²) in [7, 11) is -3.38. The summed E-state index contributed by atoms with van der Waals surface area (Å²) in [5, 5.41) is 0. The molecule has 1 unspecified atom stereocenters. The minimum atomic E-state index is -3.38. The molecule has 2 rings (SSSR count). The first-order valence-corrected chi connectivity index (χ1v) is 8.92. The number of hydrogen-bond acceptors (Lipinski definition) is 2. The Morgan fingerprint density at radius 2 is 1.85 bits per heavy atom. The number of aryl methyl sites for hydroxylation is 1. The lowest BCUT2D eigenvalue weighted by atomic mass is 9.98. The molecule has 1 fully saturated rings. The lowest BCUT2D eigenvalue weighted by Gasteiger charge is -2.31. The number of sulfonamides is 1. The van der Waals surface area contributed by atoms with Crippen molar-refractivity contribution in [2.75, 3.05) is 0 Å². The Morgan fingerprint density at radius 1 is 1.25 bits per heavy atom. The van der Waals surface area contributed by atoms with Crippen LogP contribution in [0.25, 0.3) is 0 Å². The summed E-state index contributed by atoms with van der Waals surface area (Å²) in [6.07, 6.45) is 2.94. The number of rotatable bonds is 4. The predicted molar refractivity (Wildman–Crippen MR) is 82.1 cm³/mol. The Kier molecular flexibility index (Phi) is 4.55. The molecule has 0 amide bonds. The van der Waals surface area contributed by atoms with Gasteiger partial charge >= 0.3 is 0 Å². The lowest BCUT2D eigenvalue weighted by Crippen LogP contribution is -2.42. The SMILES string of the molecule is CCC(C)[C@H]1CC[C@H](C)N1S(=O)(=O)c1ccc(C)cc1. The Bertz CT molecular complexity index is 550. The van der Waals surface area contributed by atoms with Gasteiger partial charge in [0, 0.05) is 12.1 Å². The zero-order valence-corrected chi connectivity index (χ0v) is 13.7. The highest BCUT2D eigenvalue weighted by atomic mass is 32.2. The van der Waals surface area contributed by atoms with Crippen molar-refractivity contribution >= 4 is 10.0 Å². The van der Waals surface area contributed by atoms with Crippen LogP contribution in [-0.4, -0.2) is 24.8 Å². The van der Waals surface area contributed by atoms with Gasteiger partial charge in [-0.1, -0.05) is 38.0 Å². The first-order valence-electron chi connectivity index (χ1n) is 7.48. The van der Waals surface area contributed by atoms with Gasteiger partial charge < -0.3 is 0 Å². The van der Waals surface area contributed by atoms with Crippen LogP contribution in [0.5, 0.6) is 0 Å². The molecule has 3 nitrogen and oxygen atoms in total. The largest absolute Gasteiger partial charge is 0.243 e. The highest BCUT2D eigenvalue weighted by Gasteiger charge is 2.41. The van der Waals surface area contributed by atoms with Crippen molar-refractivity contribution in [3.63, 3.8) is 0 Å². The van der Waals surface area contributed by atoms with Gasteiger partial charge in [0.2, 0.25) is 10.0 Å². The molecule has 1 aliphatic heterocycles. The molecule has 112 valence electrons. The third kappa shape index (κ3) is 2.77. The first kappa shape index (κ1) is 15.5. The van der Waals surface area contributed by atoms with Crippen LogP contribution in [0.2, 0.25) is 0 Å². The fourth-order valence-corrected chi connectivity index (χ4v) is 5.02. The molecule has 1 aromatic carbocycles. The molecule has 0 aliphatic carbocycles. The third-order valence-corrected chi connectivity index (χ3v) is 6.59. The Labute approximate surface area is 123 Å². The highest BCUT2D eigenvalue weighted by Crippen LogP contribution is 2.35. The van der Waals surface area contributed by atoms with E-state index in [0.717, 1.165) is 24.8 Å². The molecule has 1 heterocycles. The number of hydrogen-bond donors (Lipinski definition) is 0. The minimum absolute atomic E-state index is 0.0975. The monoisotopic (exact) mass is 295 g/mol. The number of nitrogens with zero attached hydrogens (tertiary/aromatic N) is 1. The van der Waals surface area contributed by atoms with Crippen molar-refractivity contribution in [1.82, 2.24) is 4.31 Å². The van der Waals surface area contributed by atoms with Crippen molar-refractivity contribution in [3.05, 3.63) is 29.8 Å². The summed E-state index contributed by atoms with van der Waals surface area (Å²) >= 11 is 0. The molecule has 3 atom stereocenters. The van der Waals surface area contributed by atoms with E-state index in [9.17, 15) is 8.42 Å². The first-order chi connectivity index (χ1) is 9.37. The van der Waals surface area contributed by atoms with Gasteiger partial charge in [0.1, 0.15) is 0 Å². The van der Waals surface area contributed by atoms with Gasteiger partial charge in [-0.15, -0.1) is 0 Å². The summed E-state index contributed by atoms with van der Waals surface area (Å²) in [5.74, 6) is 0.403. The van der Waals surface area contributed by atoms with Gasteiger partial charge in [0.05, 0.1) is 4.90 Å². The van der Waals surface area contributed by atoms with Gasteiger partial charge in [0.25, 0.3) is 0 Å². The van der Waals surface area contributed by atoms with E-state index < -0.39 is 10.0 Å². The number of benzene rings is 1.